The quantitative estimate of drug-likeness (QED) is 0.432. The van der Waals surface area contributed by atoms with Crippen molar-refractivity contribution in [1.82, 2.24) is 14.5 Å². The van der Waals surface area contributed by atoms with E-state index in [-0.39, 0.29) is 54.3 Å². The number of nitrogens with zero attached hydrogens (tertiary/aromatic N) is 5. The van der Waals surface area contributed by atoms with E-state index in [4.69, 9.17) is 4.42 Å². The molecular formula is C20H18F3N5O5. The smallest absolute Gasteiger partial charge is 0.416 e. The number of rotatable bonds is 3. The fourth-order valence-corrected chi connectivity index (χ4v) is 3.87. The number of hydrogen-bond acceptors (Lipinski definition) is 7. The first-order chi connectivity index (χ1) is 15.5. The predicted octanol–water partition coefficient (Wildman–Crippen LogP) is 2.72. The van der Waals surface area contributed by atoms with E-state index >= 15 is 0 Å². The van der Waals surface area contributed by atoms with Crippen LogP contribution < -0.4 is 10.5 Å². The Balaban J connectivity index is 1.58. The molecule has 13 heteroatoms. The minimum atomic E-state index is -4.70. The highest BCUT2D eigenvalue weighted by molar-refractivity contribution is 6.06. The number of nitro benzene ring substituents is 1. The Morgan fingerprint density at radius 1 is 1.21 bits per heavy atom. The first-order valence-electron chi connectivity index (χ1n) is 9.83. The Kier molecular flexibility index (Phi) is 5.34. The van der Waals surface area contributed by atoms with Crippen molar-refractivity contribution in [2.75, 3.05) is 31.1 Å². The molecule has 1 aromatic carbocycles. The van der Waals surface area contributed by atoms with E-state index in [2.05, 4.69) is 4.98 Å². The minimum absolute atomic E-state index is 0.0445. The Labute approximate surface area is 184 Å². The number of aromatic nitrogens is 2. The van der Waals surface area contributed by atoms with Crippen LogP contribution in [0.3, 0.4) is 0 Å². The van der Waals surface area contributed by atoms with Gasteiger partial charge in [0.1, 0.15) is 23.2 Å². The molecule has 3 aromatic rings. The number of anilines is 1. The predicted molar refractivity (Wildman–Crippen MR) is 110 cm³/mol. The normalized spacial score (nSPS) is 14.7. The number of carbonyl (C=O) groups is 1. The molecule has 10 nitrogen and oxygen atoms in total. The van der Waals surface area contributed by atoms with Gasteiger partial charge in [-0.1, -0.05) is 0 Å². The van der Waals surface area contributed by atoms with Crippen molar-refractivity contribution in [3.05, 3.63) is 61.9 Å². The molecule has 1 aliphatic heterocycles. The zero-order chi connectivity index (χ0) is 24.1. The third-order valence-electron chi connectivity index (χ3n) is 5.57. The van der Waals surface area contributed by atoms with E-state index in [9.17, 15) is 32.9 Å². The van der Waals surface area contributed by atoms with Gasteiger partial charge in [0.25, 0.3) is 17.2 Å². The Morgan fingerprint density at radius 3 is 2.48 bits per heavy atom. The molecule has 0 unspecified atom stereocenters. The van der Waals surface area contributed by atoms with Gasteiger partial charge in [-0.3, -0.25) is 19.7 Å². The molecule has 0 N–H and O–H groups in total. The lowest BCUT2D eigenvalue weighted by molar-refractivity contribution is -0.384. The molecular weight excluding hydrogens is 447 g/mol. The highest BCUT2D eigenvalue weighted by Gasteiger charge is 2.35. The van der Waals surface area contributed by atoms with Crippen LogP contribution in [0.2, 0.25) is 0 Å². The van der Waals surface area contributed by atoms with Gasteiger partial charge in [-0.2, -0.15) is 13.2 Å². The number of aryl methyl sites for hydroxylation is 2. The van der Waals surface area contributed by atoms with Crippen molar-refractivity contribution in [2.45, 2.75) is 13.1 Å². The zero-order valence-electron chi connectivity index (χ0n) is 17.5. The van der Waals surface area contributed by atoms with Crippen LogP contribution in [0.4, 0.5) is 24.5 Å². The third kappa shape index (κ3) is 3.90. The van der Waals surface area contributed by atoms with Gasteiger partial charge in [0.15, 0.2) is 0 Å². The summed E-state index contributed by atoms with van der Waals surface area (Å²) in [5.41, 5.74) is -1.99. The third-order valence-corrected chi connectivity index (χ3v) is 5.57. The second-order valence-electron chi connectivity index (χ2n) is 7.61. The molecule has 2 aromatic heterocycles. The van der Waals surface area contributed by atoms with Crippen molar-refractivity contribution >= 4 is 28.4 Å². The topological polar surface area (TPSA) is 115 Å². The SMILES string of the molecule is Cc1oc2ncn(C)c(=O)c2c1C(=O)N1CCN(c2ccc(C(F)(F)F)cc2[N+](=O)[O-])CC1. The summed E-state index contributed by atoms with van der Waals surface area (Å²) < 4.78 is 45.6. The number of nitro groups is 1. The molecule has 1 fully saturated rings. The van der Waals surface area contributed by atoms with Gasteiger partial charge in [-0.05, 0) is 19.1 Å². The lowest BCUT2D eigenvalue weighted by Gasteiger charge is -2.35. The van der Waals surface area contributed by atoms with Crippen LogP contribution in [0, 0.1) is 17.0 Å². The summed E-state index contributed by atoms with van der Waals surface area (Å²) >= 11 is 0. The first kappa shape index (κ1) is 22.3. The molecule has 1 amide bonds. The van der Waals surface area contributed by atoms with Gasteiger partial charge >= 0.3 is 6.18 Å². The molecule has 33 heavy (non-hydrogen) atoms. The van der Waals surface area contributed by atoms with E-state index in [1.807, 2.05) is 0 Å². The average Bonchev–Trinajstić information content (AvgIpc) is 3.11. The largest absolute Gasteiger partial charge is 0.442 e. The van der Waals surface area contributed by atoms with Crippen molar-refractivity contribution < 1.29 is 27.3 Å². The Bertz CT molecular complexity index is 1320. The fraction of sp³-hybridized carbons (Fsp3) is 0.350. The molecule has 0 saturated carbocycles. The highest BCUT2D eigenvalue weighted by atomic mass is 19.4. The number of fused-ring (bicyclic) bond motifs is 1. The fourth-order valence-electron chi connectivity index (χ4n) is 3.87. The van der Waals surface area contributed by atoms with Gasteiger partial charge in [0.2, 0.25) is 5.71 Å². The van der Waals surface area contributed by atoms with E-state index in [1.54, 1.807) is 11.8 Å². The van der Waals surface area contributed by atoms with Gasteiger partial charge in [0.05, 0.1) is 16.1 Å². The summed E-state index contributed by atoms with van der Waals surface area (Å²) in [6.07, 6.45) is -3.41. The summed E-state index contributed by atoms with van der Waals surface area (Å²) in [7, 11) is 1.50. The van der Waals surface area contributed by atoms with Crippen molar-refractivity contribution in [2.24, 2.45) is 7.05 Å². The van der Waals surface area contributed by atoms with Crippen LogP contribution in [0.5, 0.6) is 0 Å². The Morgan fingerprint density at radius 2 is 1.88 bits per heavy atom. The summed E-state index contributed by atoms with van der Waals surface area (Å²) in [5, 5.41) is 11.5. The average molecular weight is 465 g/mol. The molecule has 0 radical (unpaired) electrons. The molecule has 1 saturated heterocycles. The van der Waals surface area contributed by atoms with Crippen molar-refractivity contribution in [1.29, 1.82) is 0 Å². The molecule has 0 atom stereocenters. The van der Waals surface area contributed by atoms with E-state index < -0.39 is 33.8 Å². The van der Waals surface area contributed by atoms with Crippen LogP contribution in [0.25, 0.3) is 11.1 Å². The van der Waals surface area contributed by atoms with Crippen LogP contribution in [0.15, 0.2) is 33.7 Å². The summed E-state index contributed by atoms with van der Waals surface area (Å²) in [5.74, 6) is -0.204. The van der Waals surface area contributed by atoms with Crippen LogP contribution in [-0.2, 0) is 13.2 Å². The molecule has 0 aliphatic carbocycles. The van der Waals surface area contributed by atoms with E-state index in [1.165, 1.54) is 22.8 Å². The number of benzene rings is 1. The number of carbonyl (C=O) groups excluding carboxylic acids is 1. The summed E-state index contributed by atoms with van der Waals surface area (Å²) in [6, 6.07) is 2.38. The van der Waals surface area contributed by atoms with Crippen LogP contribution in [-0.4, -0.2) is 51.5 Å². The summed E-state index contributed by atoms with van der Waals surface area (Å²) in [6.45, 7) is 2.15. The second kappa shape index (κ2) is 7.90. The highest BCUT2D eigenvalue weighted by Crippen LogP contribution is 2.37. The number of amides is 1. The molecule has 0 spiro atoms. The summed E-state index contributed by atoms with van der Waals surface area (Å²) in [4.78, 5) is 43.3. The molecule has 4 rings (SSSR count). The monoisotopic (exact) mass is 465 g/mol. The first-order valence-corrected chi connectivity index (χ1v) is 9.83. The molecule has 3 heterocycles. The van der Waals surface area contributed by atoms with Gasteiger partial charge in [-0.25, -0.2) is 4.98 Å². The molecule has 174 valence electrons. The minimum Gasteiger partial charge on any atom is -0.442 e. The number of alkyl halides is 3. The number of hydrogen-bond donors (Lipinski definition) is 0. The van der Waals surface area contributed by atoms with Gasteiger partial charge < -0.3 is 18.8 Å². The number of halogens is 3. The maximum Gasteiger partial charge on any atom is 0.416 e. The molecule has 0 bridgehead atoms. The van der Waals surface area contributed by atoms with E-state index in [0.29, 0.717) is 6.07 Å². The second-order valence-corrected chi connectivity index (χ2v) is 7.61. The van der Waals surface area contributed by atoms with Gasteiger partial charge in [0, 0.05) is 39.3 Å². The Hall–Kier alpha value is -3.90. The van der Waals surface area contributed by atoms with E-state index in [0.717, 1.165) is 12.1 Å². The van der Waals surface area contributed by atoms with Crippen LogP contribution >= 0.6 is 0 Å². The van der Waals surface area contributed by atoms with Crippen molar-refractivity contribution in [3.63, 3.8) is 0 Å². The zero-order valence-corrected chi connectivity index (χ0v) is 17.5. The van der Waals surface area contributed by atoms with Gasteiger partial charge in [-0.15, -0.1) is 0 Å². The standard InChI is InChI=1S/C20H18F3N5O5/c1-11-15(16-17(33-11)24-10-25(2)18(16)29)19(30)27-7-5-26(6-8-27)13-4-3-12(20(21,22)23)9-14(13)28(31)32/h3-4,9-10H,5-8H2,1-2H3. The van der Waals surface area contributed by atoms with Crippen molar-refractivity contribution in [3.8, 4) is 0 Å². The molecule has 1 aliphatic rings. The number of piperazine rings is 1. The number of furan rings is 1. The van der Waals surface area contributed by atoms with Crippen LogP contribution in [0.1, 0.15) is 21.7 Å². The lowest BCUT2D eigenvalue weighted by atomic mass is 10.1. The lowest BCUT2D eigenvalue weighted by Crippen LogP contribution is -2.49. The maximum atomic E-state index is 13.2. The maximum absolute atomic E-state index is 13.2.